The predicted molar refractivity (Wildman–Crippen MR) is 15.0 cm³/mol. The van der Waals surface area contributed by atoms with Crippen LogP contribution in [0.3, 0.4) is 0 Å². The van der Waals surface area contributed by atoms with Gasteiger partial charge in [-0.2, -0.15) is 0 Å². The van der Waals surface area contributed by atoms with Crippen molar-refractivity contribution < 1.29 is 71.3 Å². The Morgan fingerprint density at radius 2 is 1.14 bits per heavy atom. The van der Waals surface area contributed by atoms with Crippen molar-refractivity contribution in [2.45, 2.75) is 0 Å². The summed E-state index contributed by atoms with van der Waals surface area (Å²) in [5.41, 5.74) is 0. The average Bonchev–Trinajstić information content (AvgIpc) is 0.811. The molecular weight excluding hydrogens is 252 g/mol. The molecule has 0 aliphatic heterocycles. The first-order valence-electron chi connectivity index (χ1n) is 0.500. The quantitative estimate of drug-likeness (QED) is 0.403. The van der Waals surface area contributed by atoms with Crippen molar-refractivity contribution in [3.05, 3.63) is 0 Å². The van der Waals surface area contributed by atoms with Gasteiger partial charge in [-0.1, -0.05) is 0 Å². The zero-order valence-electron chi connectivity index (χ0n) is 4.13. The monoisotopic (exact) mass is 256 g/mol. The van der Waals surface area contributed by atoms with Gasteiger partial charge >= 0.3 is 103 Å². The Morgan fingerprint density at radius 3 is 1.14 bits per heavy atom. The van der Waals surface area contributed by atoms with Crippen LogP contribution in [0.1, 0.15) is 0 Å². The van der Waals surface area contributed by atoms with Gasteiger partial charge in [0.25, 0.3) is 0 Å². The first kappa shape index (κ1) is 22.6. The van der Waals surface area contributed by atoms with Crippen LogP contribution < -0.4 is 67.5 Å². The van der Waals surface area contributed by atoms with E-state index in [-0.39, 0.29) is 76.2 Å². The molecule has 0 aromatic rings. The van der Waals surface area contributed by atoms with E-state index in [2.05, 4.69) is 0 Å². The zero-order chi connectivity index (χ0) is 3.58. The number of hydrogen-bond acceptors (Lipinski definition) is 3. The van der Waals surface area contributed by atoms with Crippen molar-refractivity contribution in [1.29, 1.82) is 0 Å². The molecule has 0 amide bonds. The second-order valence-electron chi connectivity index (χ2n) is 0.204. The average molecular weight is 254 g/mol. The van der Waals surface area contributed by atoms with Gasteiger partial charge in [-0.3, -0.25) is 0 Å². The van der Waals surface area contributed by atoms with E-state index in [4.69, 9.17) is 12.2 Å². The summed E-state index contributed by atoms with van der Waals surface area (Å²) < 4.78 is 25.6. The Labute approximate surface area is 101 Å². The van der Waals surface area contributed by atoms with Crippen LogP contribution in [-0.2, 0) is 3.83 Å². The Bertz CT molecular complexity index is 33.9. The van der Waals surface area contributed by atoms with E-state index >= 15 is 0 Å². The van der Waals surface area contributed by atoms with Crippen molar-refractivity contribution in [2.75, 3.05) is 0 Å². The molecule has 0 aromatic carbocycles. The summed E-state index contributed by atoms with van der Waals surface area (Å²) >= 11 is -3.79. The Kier molecular flexibility index (Phi) is 51.3. The van der Waals surface area contributed by atoms with Crippen LogP contribution in [-0.4, -0.2) is 31.6 Å². The van der Waals surface area contributed by atoms with Gasteiger partial charge in [0.05, 0.1) is 0 Å². The third kappa shape index (κ3) is 52.6. The first-order chi connectivity index (χ1) is 1.73. The second kappa shape index (κ2) is 15.9. The summed E-state index contributed by atoms with van der Waals surface area (Å²) in [6, 6.07) is 0. The van der Waals surface area contributed by atoms with Crippen molar-refractivity contribution in [2.24, 2.45) is 0 Å². The molecule has 7 heteroatoms. The van der Waals surface area contributed by atoms with Gasteiger partial charge < -0.3 is 0 Å². The second-order valence-corrected chi connectivity index (χ2v) is 1.06. The van der Waals surface area contributed by atoms with Crippen LogP contribution in [0, 0.1) is 0 Å². The SMILES string of the molecule is O=[Se]([O-])[O-].[Na+].[Na+].[SeH2]. The molecule has 0 saturated heterocycles. The van der Waals surface area contributed by atoms with Crippen LogP contribution in [0.4, 0.5) is 0 Å². The molecule has 0 fully saturated rings. The van der Waals surface area contributed by atoms with Gasteiger partial charge in [0, 0.05) is 0 Å². The molecule has 0 aliphatic carbocycles. The molecule has 0 spiro atoms. The minimum atomic E-state index is -3.79. The van der Waals surface area contributed by atoms with Gasteiger partial charge in [-0.15, -0.1) is 0 Å². The summed E-state index contributed by atoms with van der Waals surface area (Å²) in [5.74, 6) is 0. The summed E-state index contributed by atoms with van der Waals surface area (Å²) in [5, 5.41) is 0. The van der Waals surface area contributed by atoms with Crippen molar-refractivity contribution in [1.82, 2.24) is 0 Å². The van der Waals surface area contributed by atoms with Gasteiger partial charge in [0.2, 0.25) is 0 Å². The van der Waals surface area contributed by atoms with E-state index in [1.54, 1.807) is 0 Å². The third-order valence-electron chi connectivity index (χ3n) is 0. The van der Waals surface area contributed by atoms with E-state index in [1.807, 2.05) is 0 Å². The molecule has 0 aromatic heterocycles. The van der Waals surface area contributed by atoms with Crippen molar-refractivity contribution in [3.8, 4) is 0 Å². The normalized spacial score (nSPS) is 5.00. The van der Waals surface area contributed by atoms with Gasteiger partial charge in [-0.05, 0) is 0 Å². The third-order valence-corrected chi connectivity index (χ3v) is 0. The Hall–Kier alpha value is 2.76. The summed E-state index contributed by atoms with van der Waals surface area (Å²) in [7, 11) is 0. The molecule has 0 saturated carbocycles. The number of rotatable bonds is 0. The molecule has 7 heavy (non-hydrogen) atoms. The maximum atomic E-state index is 8.54. The van der Waals surface area contributed by atoms with Gasteiger partial charge in [0.1, 0.15) is 0 Å². The van der Waals surface area contributed by atoms with E-state index in [9.17, 15) is 0 Å². The van der Waals surface area contributed by atoms with Gasteiger partial charge in [0.15, 0.2) is 0 Å². The number of hydrogen-bond donors (Lipinski definition) is 0. The standard InChI is InChI=1S/2Na.H2O3Se.H2Se/c;;1-4(2)3;/h;;(H2,1,2,3);1H2/q2*+1;;/p-2. The van der Waals surface area contributed by atoms with Crippen LogP contribution >= 0.6 is 0 Å². The predicted octanol–water partition coefficient (Wildman–Crippen LogP) is -9.79. The molecule has 0 heterocycles. The molecule has 0 radical (unpaired) electrons. The summed E-state index contributed by atoms with van der Waals surface area (Å²) in [6.45, 7) is 0. The van der Waals surface area contributed by atoms with E-state index in [1.165, 1.54) is 0 Å². The Morgan fingerprint density at radius 1 is 1.14 bits per heavy atom. The van der Waals surface area contributed by atoms with Crippen molar-refractivity contribution >= 4 is 31.6 Å². The van der Waals surface area contributed by atoms with E-state index in [0.717, 1.165) is 0 Å². The fourth-order valence-electron chi connectivity index (χ4n) is 0. The molecule has 0 bridgehead atoms. The topological polar surface area (TPSA) is 63.2 Å². The molecule has 0 unspecified atom stereocenters. The minimum absolute atomic E-state index is 0. The molecule has 0 aliphatic rings. The van der Waals surface area contributed by atoms with Crippen LogP contribution in [0.25, 0.3) is 0 Å². The zero-order valence-corrected chi connectivity index (χ0v) is 11.9. The van der Waals surface area contributed by atoms with Crippen molar-refractivity contribution in [3.63, 3.8) is 0 Å². The Balaban J connectivity index is -0.0000000150. The first-order valence-corrected chi connectivity index (χ1v) is 2.60. The maximum absolute atomic E-state index is 8.54. The van der Waals surface area contributed by atoms with E-state index in [0.29, 0.717) is 0 Å². The van der Waals surface area contributed by atoms with Crippen LogP contribution in [0.5, 0.6) is 0 Å². The molecule has 3 nitrogen and oxygen atoms in total. The fourth-order valence-corrected chi connectivity index (χ4v) is 0. The summed E-state index contributed by atoms with van der Waals surface area (Å²) in [6.07, 6.45) is 0. The molecule has 0 N–H and O–H groups in total. The molecule has 0 atom stereocenters. The van der Waals surface area contributed by atoms with E-state index < -0.39 is 14.5 Å². The fraction of sp³-hybridized carbons (Fsp3) is 0. The van der Waals surface area contributed by atoms with Crippen LogP contribution in [0.15, 0.2) is 0 Å². The molecule has 0 rings (SSSR count). The molecular formula is H2Na2O3Se2. The summed E-state index contributed by atoms with van der Waals surface area (Å²) in [4.78, 5) is 0. The van der Waals surface area contributed by atoms with Gasteiger partial charge in [-0.25, -0.2) is 0 Å². The van der Waals surface area contributed by atoms with Crippen LogP contribution in [0.2, 0.25) is 0 Å². The molecule has 34 valence electrons.